The van der Waals surface area contributed by atoms with Gasteiger partial charge in [0.1, 0.15) is 11.9 Å². The molecule has 0 aromatic carbocycles. The first-order chi connectivity index (χ1) is 16.0. The number of nitrogens with zero attached hydrogens (tertiary/aromatic N) is 1. The zero-order valence-corrected chi connectivity index (χ0v) is 22.9. The van der Waals surface area contributed by atoms with Gasteiger partial charge in [-0.05, 0) is 76.9 Å². The summed E-state index contributed by atoms with van der Waals surface area (Å²) >= 11 is 1.60. The second-order valence-electron chi connectivity index (χ2n) is 10.6. The molecule has 2 rings (SSSR count). The van der Waals surface area contributed by atoms with Crippen LogP contribution in [-0.4, -0.2) is 36.6 Å². The van der Waals surface area contributed by atoms with Gasteiger partial charge in [-0.2, -0.15) is 0 Å². The van der Waals surface area contributed by atoms with Gasteiger partial charge >= 0.3 is 5.97 Å². The van der Waals surface area contributed by atoms with Crippen molar-refractivity contribution in [3.63, 3.8) is 0 Å². The van der Waals surface area contributed by atoms with Gasteiger partial charge in [0.2, 0.25) is 0 Å². The number of thiazole rings is 1. The molecule has 190 valence electrons. The number of aromatic nitrogens is 1. The molecule has 1 aliphatic rings. The molecule has 2 heterocycles. The van der Waals surface area contributed by atoms with Gasteiger partial charge in [0.05, 0.1) is 10.7 Å². The molecule has 0 saturated carbocycles. The van der Waals surface area contributed by atoms with Crippen molar-refractivity contribution in [3.05, 3.63) is 33.8 Å². The minimum atomic E-state index is -0.711. The molecule has 0 radical (unpaired) electrons. The second-order valence-corrected chi connectivity index (χ2v) is 11.7. The maximum atomic E-state index is 13.1. The number of carbonyl (C=O) groups excluding carboxylic acids is 2. The third-order valence-corrected chi connectivity index (χ3v) is 7.59. The quantitative estimate of drug-likeness (QED) is 0.435. The van der Waals surface area contributed by atoms with Gasteiger partial charge < -0.3 is 9.47 Å². The van der Waals surface area contributed by atoms with Crippen LogP contribution >= 0.6 is 11.3 Å². The lowest BCUT2D eigenvalue weighted by Gasteiger charge is -2.26. The number of rotatable bonds is 4. The molecule has 0 bridgehead atoms. The third kappa shape index (κ3) is 9.10. The van der Waals surface area contributed by atoms with Crippen LogP contribution in [0.25, 0.3) is 6.08 Å². The Balaban J connectivity index is 2.29. The number of hydrogen-bond acceptors (Lipinski definition) is 6. The summed E-state index contributed by atoms with van der Waals surface area (Å²) in [4.78, 5) is 30.4. The van der Waals surface area contributed by atoms with Crippen LogP contribution in [0.3, 0.4) is 0 Å². The zero-order valence-electron chi connectivity index (χ0n) is 22.1. The van der Waals surface area contributed by atoms with E-state index in [0.717, 1.165) is 54.8 Å². The molecule has 0 aliphatic carbocycles. The second kappa shape index (κ2) is 13.3. The molecule has 0 fully saturated rings. The highest BCUT2D eigenvalue weighted by Crippen LogP contribution is 2.30. The topological polar surface area (TPSA) is 65.5 Å². The summed E-state index contributed by atoms with van der Waals surface area (Å²) in [5.74, 6) is 0.602. The molecule has 0 spiro atoms. The Morgan fingerprint density at radius 2 is 1.97 bits per heavy atom. The van der Waals surface area contributed by atoms with E-state index < -0.39 is 11.4 Å². The fourth-order valence-electron chi connectivity index (χ4n) is 4.84. The lowest BCUT2D eigenvalue weighted by atomic mass is 9.78. The van der Waals surface area contributed by atoms with Crippen molar-refractivity contribution in [2.24, 2.45) is 23.2 Å². The zero-order chi connectivity index (χ0) is 25.3. The predicted molar refractivity (Wildman–Crippen MR) is 140 cm³/mol. The van der Waals surface area contributed by atoms with E-state index >= 15 is 0 Å². The molecule has 6 heteroatoms. The lowest BCUT2D eigenvalue weighted by molar-refractivity contribution is -0.141. The Kier molecular flexibility index (Phi) is 11.2. The Morgan fingerprint density at radius 1 is 1.24 bits per heavy atom. The van der Waals surface area contributed by atoms with E-state index in [1.54, 1.807) is 24.5 Å². The molecule has 1 aromatic heterocycles. The van der Waals surface area contributed by atoms with Gasteiger partial charge in [-0.15, -0.1) is 11.3 Å². The van der Waals surface area contributed by atoms with Crippen molar-refractivity contribution in [1.82, 2.24) is 4.98 Å². The van der Waals surface area contributed by atoms with Gasteiger partial charge in [-0.3, -0.25) is 4.79 Å². The first-order valence-electron chi connectivity index (χ1n) is 12.5. The van der Waals surface area contributed by atoms with Crippen molar-refractivity contribution in [2.45, 2.75) is 86.2 Å². The van der Waals surface area contributed by atoms with E-state index in [1.165, 1.54) is 6.08 Å². The monoisotopic (exact) mass is 489 g/mol. The van der Waals surface area contributed by atoms with Crippen LogP contribution in [0.5, 0.6) is 0 Å². The highest BCUT2D eigenvalue weighted by Gasteiger charge is 2.30. The van der Waals surface area contributed by atoms with Crippen LogP contribution in [0.15, 0.2) is 23.1 Å². The molecule has 0 amide bonds. The van der Waals surface area contributed by atoms with Gasteiger partial charge in [0.25, 0.3) is 0 Å². The summed E-state index contributed by atoms with van der Waals surface area (Å²) in [6.45, 7) is 12.7. The van der Waals surface area contributed by atoms with E-state index in [4.69, 9.17) is 9.47 Å². The van der Waals surface area contributed by atoms with Crippen LogP contribution in [0.2, 0.25) is 0 Å². The number of hydrogen-bond donors (Lipinski definition) is 0. The van der Waals surface area contributed by atoms with Gasteiger partial charge in [0.15, 0.2) is 0 Å². The molecule has 1 aromatic rings. The molecule has 4 atom stereocenters. The summed E-state index contributed by atoms with van der Waals surface area (Å²) < 4.78 is 11.4. The number of carbonyl (C=O) groups is 2. The number of aryl methyl sites for hydroxylation is 1. The smallest absolute Gasteiger partial charge is 0.331 e. The van der Waals surface area contributed by atoms with Crippen LogP contribution in [0.1, 0.15) is 83.8 Å². The molecule has 3 unspecified atom stereocenters. The average Bonchev–Trinajstić information content (AvgIpc) is 3.18. The Morgan fingerprint density at radius 3 is 2.62 bits per heavy atom. The fourth-order valence-corrected chi connectivity index (χ4v) is 5.41. The predicted octanol–water partition coefficient (Wildman–Crippen LogP) is 6.81. The molecule has 1 aliphatic heterocycles. The van der Waals surface area contributed by atoms with E-state index in [0.29, 0.717) is 18.4 Å². The summed E-state index contributed by atoms with van der Waals surface area (Å²) in [6, 6.07) is 0. The van der Waals surface area contributed by atoms with E-state index in [9.17, 15) is 9.59 Å². The Labute approximate surface area is 210 Å². The lowest BCUT2D eigenvalue weighted by Crippen LogP contribution is -2.29. The fraction of sp³-hybridized carbons (Fsp3) is 0.679. The molecule has 5 nitrogen and oxygen atoms in total. The number of esters is 1. The Bertz CT molecular complexity index is 870. The van der Waals surface area contributed by atoms with E-state index in [2.05, 4.69) is 11.9 Å². The van der Waals surface area contributed by atoms with Crippen LogP contribution in [0, 0.1) is 30.1 Å². The molecular formula is C28H43NO4S. The maximum absolute atomic E-state index is 13.1. The third-order valence-electron chi connectivity index (χ3n) is 6.80. The molecule has 0 saturated heterocycles. The SMILES string of the molecule is COCC1CCCC(C)CC(C)C(=O)C(C)(C)/C=C/C(=O)O[C@H](/C(C)=C/c2csc(C)n2)CC1. The van der Waals surface area contributed by atoms with Crippen molar-refractivity contribution < 1.29 is 19.1 Å². The van der Waals surface area contributed by atoms with Crippen LogP contribution in [-0.2, 0) is 19.1 Å². The maximum Gasteiger partial charge on any atom is 0.331 e. The van der Waals surface area contributed by atoms with Crippen molar-refractivity contribution in [1.29, 1.82) is 0 Å². The van der Waals surface area contributed by atoms with E-state index in [1.807, 2.05) is 46.1 Å². The number of allylic oxidation sites excluding steroid dienone is 1. The summed E-state index contributed by atoms with van der Waals surface area (Å²) in [5, 5.41) is 3.02. The largest absolute Gasteiger partial charge is 0.455 e. The molecule has 34 heavy (non-hydrogen) atoms. The summed E-state index contributed by atoms with van der Waals surface area (Å²) in [6.07, 6.45) is 10.6. The molecular weight excluding hydrogens is 446 g/mol. The van der Waals surface area contributed by atoms with Gasteiger partial charge in [-0.1, -0.05) is 32.8 Å². The first-order valence-corrected chi connectivity index (χ1v) is 13.4. The first kappa shape index (κ1) is 28.4. The molecule has 0 N–H and O–H groups in total. The summed E-state index contributed by atoms with van der Waals surface area (Å²) in [5.41, 5.74) is 1.15. The van der Waals surface area contributed by atoms with E-state index in [-0.39, 0.29) is 17.8 Å². The average molecular weight is 490 g/mol. The standard InChI is InChI=1S/C28H43NO4S/c1-19-9-8-10-23(17-32-7)11-12-25(20(2)16-24-18-34-22(4)29-24)33-26(30)13-14-28(5,6)27(31)21(3)15-19/h13-14,16,18-19,21,23,25H,8-12,15,17H2,1-7H3/b14-13+,20-16+/t19?,21?,23?,25-/m0/s1. The highest BCUT2D eigenvalue weighted by atomic mass is 32.1. The number of cyclic esters (lactones) is 1. The Hall–Kier alpha value is -1.79. The van der Waals surface area contributed by atoms with Gasteiger partial charge in [-0.25, -0.2) is 9.78 Å². The van der Waals surface area contributed by atoms with Crippen molar-refractivity contribution in [3.8, 4) is 0 Å². The minimum Gasteiger partial charge on any atom is -0.455 e. The van der Waals surface area contributed by atoms with Crippen molar-refractivity contribution >= 4 is 29.2 Å². The summed E-state index contributed by atoms with van der Waals surface area (Å²) in [7, 11) is 1.74. The normalized spacial score (nSPS) is 29.0. The van der Waals surface area contributed by atoms with Crippen LogP contribution in [0.4, 0.5) is 0 Å². The highest BCUT2D eigenvalue weighted by molar-refractivity contribution is 7.09. The number of methoxy groups -OCH3 is 1. The number of Topliss-reactive ketones (excluding diaryl/α,β-unsaturated/α-hetero) is 1. The minimum absolute atomic E-state index is 0.0483. The van der Waals surface area contributed by atoms with Crippen molar-refractivity contribution in [2.75, 3.05) is 13.7 Å². The van der Waals surface area contributed by atoms with Gasteiger partial charge in [0, 0.05) is 36.5 Å². The number of ether oxygens (including phenoxy) is 2. The van der Waals surface area contributed by atoms with Crippen LogP contribution < -0.4 is 0 Å². The number of ketones is 1.